The van der Waals surface area contributed by atoms with E-state index in [4.69, 9.17) is 9.15 Å². The number of carbonyl (C=O) groups is 2. The Kier molecular flexibility index (Phi) is 6.37. The SMILES string of the molecule is Cn1cc(CNC(=O)OC2CCc3c(sc(NC(=O)C=Cc4ccoc4)c3C#N)C2)cn1. The molecule has 9 nitrogen and oxygen atoms in total. The number of nitrogens with one attached hydrogen (secondary N) is 2. The second-order valence-electron chi connectivity index (χ2n) is 7.34. The second kappa shape index (κ2) is 9.53. The first kappa shape index (κ1) is 21.4. The molecule has 164 valence electrons. The third kappa shape index (κ3) is 5.07. The fraction of sp³-hybridized carbons (Fsp3) is 0.273. The van der Waals surface area contributed by atoms with Gasteiger partial charge in [0.2, 0.25) is 5.91 Å². The first-order valence-electron chi connectivity index (χ1n) is 9.99. The Morgan fingerprint density at radius 2 is 2.38 bits per heavy atom. The van der Waals surface area contributed by atoms with Crippen molar-refractivity contribution >= 4 is 34.4 Å². The molecule has 1 aliphatic carbocycles. The predicted octanol–water partition coefficient (Wildman–Crippen LogP) is 3.38. The van der Waals surface area contributed by atoms with Gasteiger partial charge in [-0.1, -0.05) is 0 Å². The van der Waals surface area contributed by atoms with Crippen LogP contribution in [0.5, 0.6) is 0 Å². The summed E-state index contributed by atoms with van der Waals surface area (Å²) in [6.07, 6.45) is 10.5. The Labute approximate surface area is 188 Å². The third-order valence-corrected chi connectivity index (χ3v) is 6.18. The van der Waals surface area contributed by atoms with Gasteiger partial charge in [-0.25, -0.2) is 4.79 Å². The maximum atomic E-state index is 12.3. The van der Waals surface area contributed by atoms with E-state index in [1.807, 2.05) is 13.2 Å². The first-order valence-corrected chi connectivity index (χ1v) is 10.8. The van der Waals surface area contributed by atoms with Crippen LogP contribution in [0.1, 0.15) is 33.6 Å². The van der Waals surface area contributed by atoms with Crippen molar-refractivity contribution in [3.8, 4) is 6.07 Å². The van der Waals surface area contributed by atoms with Crippen molar-refractivity contribution in [2.24, 2.45) is 7.05 Å². The van der Waals surface area contributed by atoms with Gasteiger partial charge in [0.25, 0.3) is 0 Å². The Morgan fingerprint density at radius 3 is 3.09 bits per heavy atom. The van der Waals surface area contributed by atoms with Gasteiger partial charge < -0.3 is 19.8 Å². The molecule has 0 radical (unpaired) electrons. The van der Waals surface area contributed by atoms with Crippen molar-refractivity contribution in [3.63, 3.8) is 0 Å². The molecule has 0 aliphatic heterocycles. The minimum atomic E-state index is -0.489. The van der Waals surface area contributed by atoms with Gasteiger partial charge in [-0.05, 0) is 30.5 Å². The van der Waals surface area contributed by atoms with Crippen LogP contribution in [-0.4, -0.2) is 27.9 Å². The normalized spacial score (nSPS) is 15.2. The van der Waals surface area contributed by atoms with Crippen molar-refractivity contribution < 1.29 is 18.7 Å². The number of furan rings is 1. The zero-order chi connectivity index (χ0) is 22.5. The molecule has 2 amide bonds. The molecule has 4 rings (SSSR count). The lowest BCUT2D eigenvalue weighted by molar-refractivity contribution is -0.111. The number of aromatic nitrogens is 2. The quantitative estimate of drug-likeness (QED) is 0.554. The van der Waals surface area contributed by atoms with Gasteiger partial charge in [-0.2, -0.15) is 10.4 Å². The number of ether oxygens (including phenoxy) is 1. The molecule has 1 aliphatic rings. The summed E-state index contributed by atoms with van der Waals surface area (Å²) in [6, 6.07) is 3.94. The number of hydrogen-bond acceptors (Lipinski definition) is 7. The van der Waals surface area contributed by atoms with E-state index in [-0.39, 0.29) is 12.0 Å². The van der Waals surface area contributed by atoms with Crippen LogP contribution in [0.25, 0.3) is 6.08 Å². The maximum absolute atomic E-state index is 12.3. The van der Waals surface area contributed by atoms with E-state index in [0.717, 1.165) is 21.6 Å². The molecule has 2 N–H and O–H groups in total. The Hall–Kier alpha value is -3.84. The number of amides is 2. The highest BCUT2D eigenvalue weighted by atomic mass is 32.1. The standard InChI is InChI=1S/C22H21N5O4S/c1-27-12-15(11-25-27)10-24-22(29)31-16-3-4-17-18(9-23)21(32-19(17)8-16)26-20(28)5-2-14-6-7-30-13-14/h2,5-7,11-13,16H,3-4,8,10H2,1H3,(H,24,29)(H,26,28). The van der Waals surface area contributed by atoms with E-state index in [1.54, 1.807) is 23.0 Å². The Morgan fingerprint density at radius 1 is 1.50 bits per heavy atom. The molecule has 10 heteroatoms. The molecule has 3 heterocycles. The summed E-state index contributed by atoms with van der Waals surface area (Å²) in [7, 11) is 1.81. The number of aryl methyl sites for hydroxylation is 1. The van der Waals surface area contributed by atoms with E-state index in [1.165, 1.54) is 29.9 Å². The summed E-state index contributed by atoms with van der Waals surface area (Å²) in [5.41, 5.74) is 3.05. The van der Waals surface area contributed by atoms with Gasteiger partial charge in [-0.3, -0.25) is 9.48 Å². The van der Waals surface area contributed by atoms with Crippen molar-refractivity contribution in [2.45, 2.75) is 31.9 Å². The topological polar surface area (TPSA) is 122 Å². The molecule has 0 saturated heterocycles. The summed E-state index contributed by atoms with van der Waals surface area (Å²) in [6.45, 7) is 0.338. The first-order chi connectivity index (χ1) is 15.5. The van der Waals surface area contributed by atoms with Crippen LogP contribution in [0.15, 0.2) is 41.5 Å². The molecule has 3 aromatic rings. The zero-order valence-electron chi connectivity index (χ0n) is 17.3. The fourth-order valence-electron chi connectivity index (χ4n) is 3.49. The summed E-state index contributed by atoms with van der Waals surface area (Å²) >= 11 is 1.35. The lowest BCUT2D eigenvalue weighted by Gasteiger charge is -2.22. The van der Waals surface area contributed by atoms with E-state index in [9.17, 15) is 14.9 Å². The van der Waals surface area contributed by atoms with Gasteiger partial charge in [0.05, 0.1) is 24.3 Å². The van der Waals surface area contributed by atoms with Gasteiger partial charge in [0.1, 0.15) is 17.2 Å². The molecular formula is C22H21N5O4S. The monoisotopic (exact) mass is 451 g/mol. The molecule has 0 aromatic carbocycles. The predicted molar refractivity (Wildman–Crippen MR) is 118 cm³/mol. The van der Waals surface area contributed by atoms with Gasteiger partial charge in [-0.15, -0.1) is 11.3 Å². The van der Waals surface area contributed by atoms with Gasteiger partial charge in [0, 0.05) is 48.3 Å². The number of thiophene rings is 1. The second-order valence-corrected chi connectivity index (χ2v) is 8.45. The van der Waals surface area contributed by atoms with Crippen molar-refractivity contribution in [1.29, 1.82) is 5.26 Å². The van der Waals surface area contributed by atoms with Crippen LogP contribution in [-0.2, 0) is 36.0 Å². The molecule has 0 bridgehead atoms. The number of alkyl carbamates (subject to hydrolysis) is 1. The highest BCUT2D eigenvalue weighted by Gasteiger charge is 2.28. The highest BCUT2D eigenvalue weighted by molar-refractivity contribution is 7.16. The third-order valence-electron chi connectivity index (χ3n) is 5.01. The number of carbonyl (C=O) groups excluding carboxylic acids is 2. The van der Waals surface area contributed by atoms with Crippen LogP contribution < -0.4 is 10.6 Å². The van der Waals surface area contributed by atoms with Gasteiger partial charge in [0.15, 0.2) is 0 Å². The molecule has 1 atom stereocenters. The molecule has 0 fully saturated rings. The lowest BCUT2D eigenvalue weighted by Crippen LogP contribution is -2.31. The summed E-state index contributed by atoms with van der Waals surface area (Å²) < 4.78 is 12.2. The highest BCUT2D eigenvalue weighted by Crippen LogP contribution is 2.38. The molecular weight excluding hydrogens is 430 g/mol. The van der Waals surface area contributed by atoms with Crippen LogP contribution in [0.3, 0.4) is 0 Å². The number of nitrogens with zero attached hydrogens (tertiary/aromatic N) is 3. The minimum Gasteiger partial charge on any atom is -0.472 e. The number of nitriles is 1. The van der Waals surface area contributed by atoms with Crippen molar-refractivity contribution in [3.05, 3.63) is 64.2 Å². The van der Waals surface area contributed by atoms with E-state index in [0.29, 0.717) is 36.4 Å². The summed E-state index contributed by atoms with van der Waals surface area (Å²) in [5.74, 6) is -0.330. The van der Waals surface area contributed by atoms with E-state index in [2.05, 4.69) is 21.8 Å². The van der Waals surface area contributed by atoms with E-state index >= 15 is 0 Å². The van der Waals surface area contributed by atoms with Crippen LogP contribution in [0.2, 0.25) is 0 Å². The Bertz CT molecular complexity index is 1190. The number of anilines is 1. The van der Waals surface area contributed by atoms with Crippen LogP contribution in [0, 0.1) is 11.3 Å². The van der Waals surface area contributed by atoms with E-state index < -0.39 is 6.09 Å². The summed E-state index contributed by atoms with van der Waals surface area (Å²) in [5, 5.41) is 19.7. The number of fused-ring (bicyclic) bond motifs is 1. The molecule has 0 saturated carbocycles. The largest absolute Gasteiger partial charge is 0.472 e. The maximum Gasteiger partial charge on any atom is 0.407 e. The minimum absolute atomic E-state index is 0.286. The summed E-state index contributed by atoms with van der Waals surface area (Å²) in [4.78, 5) is 25.4. The average Bonchev–Trinajstić information content (AvgIpc) is 3.50. The number of hydrogen-bond donors (Lipinski definition) is 2. The molecule has 32 heavy (non-hydrogen) atoms. The molecule has 1 unspecified atom stereocenters. The molecule has 3 aromatic heterocycles. The zero-order valence-corrected chi connectivity index (χ0v) is 18.1. The molecule has 0 spiro atoms. The fourth-order valence-corrected chi connectivity index (χ4v) is 4.75. The van der Waals surface area contributed by atoms with Crippen LogP contribution in [0.4, 0.5) is 9.80 Å². The average molecular weight is 452 g/mol. The lowest BCUT2D eigenvalue weighted by atomic mass is 9.94. The van der Waals surface area contributed by atoms with Crippen LogP contribution >= 0.6 is 11.3 Å². The van der Waals surface area contributed by atoms with Crippen molar-refractivity contribution in [2.75, 3.05) is 5.32 Å². The number of rotatable bonds is 6. The smallest absolute Gasteiger partial charge is 0.407 e. The Balaban J connectivity index is 1.35. The van der Waals surface area contributed by atoms with Gasteiger partial charge >= 0.3 is 6.09 Å². The van der Waals surface area contributed by atoms with Crippen molar-refractivity contribution in [1.82, 2.24) is 15.1 Å².